The number of hydrogen-bond acceptors (Lipinski definition) is 6. The molecule has 0 radical (unpaired) electrons. The van der Waals surface area contributed by atoms with Crippen LogP contribution in [0.2, 0.25) is 15.1 Å². The van der Waals surface area contributed by atoms with E-state index in [4.69, 9.17) is 39.5 Å². The zero-order valence-corrected chi connectivity index (χ0v) is 50.9. The van der Waals surface area contributed by atoms with Crippen LogP contribution in [0.15, 0.2) is 213 Å². The summed E-state index contributed by atoms with van der Waals surface area (Å²) in [5.74, 6) is 0.227. The number of carbonyl (C=O) groups excluding carboxylic acids is 1. The zero-order chi connectivity index (χ0) is 61.7. The van der Waals surface area contributed by atoms with E-state index in [-0.39, 0.29) is 11.7 Å². The number of hydrogen-bond donors (Lipinski definition) is 1. The lowest BCUT2D eigenvalue weighted by atomic mass is 10.0. The van der Waals surface area contributed by atoms with E-state index in [0.717, 1.165) is 95.0 Å². The summed E-state index contributed by atoms with van der Waals surface area (Å²) in [7, 11) is 3.21. The maximum Gasteiger partial charge on any atom is 0.251 e. The number of carbonyl (C=O) groups is 1. The molecule has 5 aromatic heterocycles. The normalized spacial score (nSPS) is 11.4. The fourth-order valence-corrected chi connectivity index (χ4v) is 10.7. The van der Waals surface area contributed by atoms with Crippen LogP contribution in [-0.4, -0.2) is 43.7 Å². The number of amides is 1. The average Bonchev–Trinajstić information content (AvgIpc) is 2.20. The number of fused-ring (bicyclic) bond motifs is 3. The summed E-state index contributed by atoms with van der Waals surface area (Å²) in [5.41, 5.74) is 15.9. The fraction of sp³-hybridized carbons (Fsp3) is 0.0946. The molecule has 5 heterocycles. The molecule has 0 fully saturated rings. The number of benzene rings is 7. The quantitative estimate of drug-likeness (QED) is 0.108. The molecule has 0 aliphatic heterocycles. The summed E-state index contributed by atoms with van der Waals surface area (Å²) in [6, 6.07) is 62.1. The van der Waals surface area contributed by atoms with Crippen LogP contribution < -0.4 is 10.1 Å². The molecular weight excluding hydrogens is 1160 g/mol. The van der Waals surface area contributed by atoms with Crippen molar-refractivity contribution in [3.63, 3.8) is 0 Å². The first-order chi connectivity index (χ1) is 42.7. The minimum Gasteiger partial charge on any atom is -0.481 e. The molecule has 88 heavy (non-hydrogen) atoms. The SMILES string of the molecule is CNC(=O)c1ccc(/C=C/c2cn(Cc3ccc(F)cc3)c3cc(Cl)ccc23)cc1.COc1ccc(Cn2cc(/C=C(\C#N)c3ccc(C)nc3)c3ccc(Cl)cc32)cn1.Cc1cccc(/C(C#N)=C/c2cn(Cc3ccccc3)c3cc(Cl)ccc23)c1. The summed E-state index contributed by atoms with van der Waals surface area (Å²) >= 11 is 18.8. The number of halogens is 4. The van der Waals surface area contributed by atoms with E-state index in [2.05, 4.69) is 65.7 Å². The minimum atomic E-state index is -0.245. The van der Waals surface area contributed by atoms with E-state index in [0.29, 0.717) is 50.7 Å². The molecule has 0 saturated heterocycles. The van der Waals surface area contributed by atoms with Crippen molar-refractivity contribution in [1.82, 2.24) is 29.0 Å². The Balaban J connectivity index is 0.000000146. The van der Waals surface area contributed by atoms with Gasteiger partial charge in [0.25, 0.3) is 5.91 Å². The fourth-order valence-electron chi connectivity index (χ4n) is 10.2. The van der Waals surface area contributed by atoms with Gasteiger partial charge in [-0.2, -0.15) is 10.5 Å². The number of ether oxygens (including phenoxy) is 1. The van der Waals surface area contributed by atoms with Crippen molar-refractivity contribution in [1.29, 1.82) is 10.5 Å². The Kier molecular flexibility index (Phi) is 19.6. The van der Waals surface area contributed by atoms with Crippen LogP contribution in [-0.2, 0) is 19.6 Å². The maximum absolute atomic E-state index is 13.2. The van der Waals surface area contributed by atoms with Crippen molar-refractivity contribution >= 4 is 109 Å². The van der Waals surface area contributed by atoms with Crippen LogP contribution in [0.25, 0.3) is 68.2 Å². The van der Waals surface area contributed by atoms with Crippen LogP contribution in [0.3, 0.4) is 0 Å². The number of nitriles is 2. The molecule has 7 aromatic carbocycles. The van der Waals surface area contributed by atoms with Crippen LogP contribution in [0.4, 0.5) is 4.39 Å². The van der Waals surface area contributed by atoms with Crippen molar-refractivity contribution in [2.24, 2.45) is 0 Å². The van der Waals surface area contributed by atoms with Gasteiger partial charge in [0.1, 0.15) is 5.82 Å². The molecule has 434 valence electrons. The lowest BCUT2D eigenvalue weighted by molar-refractivity contribution is 0.0963. The summed E-state index contributed by atoms with van der Waals surface area (Å²) < 4.78 is 24.8. The molecule has 12 aromatic rings. The second-order valence-corrected chi connectivity index (χ2v) is 22.2. The number of allylic oxidation sites excluding steroid dienone is 2. The molecule has 0 saturated carbocycles. The highest BCUT2D eigenvalue weighted by molar-refractivity contribution is 6.32. The van der Waals surface area contributed by atoms with Gasteiger partial charge in [-0.05, 0) is 121 Å². The molecule has 1 N–H and O–H groups in total. The van der Waals surface area contributed by atoms with Gasteiger partial charge >= 0.3 is 0 Å². The number of nitrogens with zero attached hydrogens (tertiary/aromatic N) is 7. The summed E-state index contributed by atoms with van der Waals surface area (Å²) in [6.07, 6.45) is 17.6. The van der Waals surface area contributed by atoms with Gasteiger partial charge in [-0.25, -0.2) is 9.37 Å². The van der Waals surface area contributed by atoms with Gasteiger partial charge in [-0.1, -0.05) is 162 Å². The van der Waals surface area contributed by atoms with Gasteiger partial charge in [0.2, 0.25) is 5.88 Å². The van der Waals surface area contributed by atoms with E-state index in [1.54, 1.807) is 50.8 Å². The molecule has 1 amide bonds. The first kappa shape index (κ1) is 60.8. The zero-order valence-electron chi connectivity index (χ0n) is 48.6. The minimum absolute atomic E-state index is 0.105. The third-order valence-electron chi connectivity index (χ3n) is 14.7. The number of nitrogens with one attached hydrogen (secondary N) is 1. The lowest BCUT2D eigenvalue weighted by Crippen LogP contribution is -2.17. The van der Waals surface area contributed by atoms with Gasteiger partial charge < -0.3 is 23.8 Å². The van der Waals surface area contributed by atoms with Crippen molar-refractivity contribution in [2.45, 2.75) is 33.5 Å². The van der Waals surface area contributed by atoms with E-state index in [9.17, 15) is 19.7 Å². The molecule has 0 unspecified atom stereocenters. The number of aromatic nitrogens is 5. The summed E-state index contributed by atoms with van der Waals surface area (Å²) in [6.45, 7) is 5.94. The van der Waals surface area contributed by atoms with Gasteiger partial charge in [0.05, 0.1) is 46.9 Å². The van der Waals surface area contributed by atoms with E-state index < -0.39 is 0 Å². The monoisotopic (exact) mass is 1210 g/mol. The summed E-state index contributed by atoms with van der Waals surface area (Å²) in [5, 5.41) is 27.3. The Morgan fingerprint density at radius 1 is 0.545 bits per heavy atom. The topological polar surface area (TPSA) is 126 Å². The molecule has 0 aliphatic rings. The Labute approximate surface area is 525 Å². The highest BCUT2D eigenvalue weighted by atomic mass is 35.5. The molecule has 0 bridgehead atoms. The second kappa shape index (κ2) is 28.3. The predicted molar refractivity (Wildman–Crippen MR) is 358 cm³/mol. The Morgan fingerprint density at radius 2 is 1.07 bits per heavy atom. The number of methoxy groups -OCH3 is 1. The van der Waals surface area contributed by atoms with Gasteiger partial charge in [0, 0.05) is 128 Å². The molecule has 14 heteroatoms. The van der Waals surface area contributed by atoms with Crippen LogP contribution in [0.1, 0.15) is 71.7 Å². The van der Waals surface area contributed by atoms with Gasteiger partial charge in [-0.3, -0.25) is 9.78 Å². The lowest BCUT2D eigenvalue weighted by Gasteiger charge is -2.06. The van der Waals surface area contributed by atoms with Crippen LogP contribution in [0, 0.1) is 42.3 Å². The van der Waals surface area contributed by atoms with Gasteiger partial charge in [0.15, 0.2) is 0 Å². The van der Waals surface area contributed by atoms with E-state index >= 15 is 0 Å². The number of rotatable bonds is 14. The Morgan fingerprint density at radius 3 is 1.58 bits per heavy atom. The standard InChI is InChI=1S/C25H20ClFN2O.C25H19ClN2.C24H19ClN4O/c1-28-25(30)19-7-2-17(3-8-19)4-9-20-16-29(15-18-5-11-22(27)12-6-18)24-14-21(26)10-13-23(20)24;1-18-6-5-9-20(12-18)21(15-27)13-22-17-28(16-19-7-3-2-4-8-19)25-14-23(26)10-11-24(22)25;1-16-3-5-18(13-27-16)19(11-26)9-20-15-29(23-10-21(25)6-7-22(20)23)14-17-4-8-24(30-2)28-12-17/h2-14,16H,15H2,1H3,(H,28,30);2-14,17H,16H2,1H3;3-10,12-13,15H,14H2,1-2H3/b9-4+;21-13+;19-9+. The van der Waals surface area contributed by atoms with Crippen LogP contribution >= 0.6 is 34.8 Å². The van der Waals surface area contributed by atoms with Crippen molar-refractivity contribution in [3.8, 4) is 18.0 Å². The van der Waals surface area contributed by atoms with Gasteiger partial charge in [-0.15, -0.1) is 0 Å². The Hall–Kier alpha value is -10.3. The smallest absolute Gasteiger partial charge is 0.251 e. The van der Waals surface area contributed by atoms with E-state index in [1.807, 2.05) is 178 Å². The third kappa shape index (κ3) is 15.0. The molecule has 0 spiro atoms. The number of aryl methyl sites for hydroxylation is 2. The maximum atomic E-state index is 13.2. The average molecular weight is 1220 g/mol. The third-order valence-corrected chi connectivity index (χ3v) is 15.4. The van der Waals surface area contributed by atoms with E-state index in [1.165, 1.54) is 17.7 Å². The molecule has 12 rings (SSSR count). The molecular formula is C74H58Cl3FN8O2. The first-order valence-electron chi connectivity index (χ1n) is 28.1. The molecule has 10 nitrogen and oxygen atoms in total. The molecule has 0 aliphatic carbocycles. The van der Waals surface area contributed by atoms with Crippen molar-refractivity contribution < 1.29 is 13.9 Å². The summed E-state index contributed by atoms with van der Waals surface area (Å²) in [4.78, 5) is 20.3. The first-order valence-corrected chi connectivity index (χ1v) is 29.2. The second-order valence-electron chi connectivity index (χ2n) is 20.9. The number of pyridine rings is 2. The van der Waals surface area contributed by atoms with Crippen molar-refractivity contribution in [3.05, 3.63) is 301 Å². The van der Waals surface area contributed by atoms with Crippen LogP contribution in [0.5, 0.6) is 5.88 Å². The largest absolute Gasteiger partial charge is 0.481 e. The Bertz CT molecular complexity index is 4650. The predicted octanol–water partition coefficient (Wildman–Crippen LogP) is 18.2. The van der Waals surface area contributed by atoms with Crippen molar-refractivity contribution in [2.75, 3.05) is 14.2 Å². The molecule has 0 atom stereocenters. The highest BCUT2D eigenvalue weighted by Crippen LogP contribution is 2.32. The highest BCUT2D eigenvalue weighted by Gasteiger charge is 2.14.